The molecule has 0 N–H and O–H groups in total. The molecule has 0 aromatic carbocycles. The predicted molar refractivity (Wildman–Crippen MR) is 66.3 cm³/mol. The SMILES string of the molecule is CCC(C)OC1(C)C2CC3CC(C2)CC1C3. The molecule has 4 aliphatic carbocycles. The Morgan fingerprint density at radius 3 is 2.00 bits per heavy atom. The van der Waals surface area contributed by atoms with E-state index >= 15 is 0 Å². The van der Waals surface area contributed by atoms with Crippen molar-refractivity contribution in [1.82, 2.24) is 0 Å². The Morgan fingerprint density at radius 1 is 1.06 bits per heavy atom. The molecule has 0 amide bonds. The molecule has 4 fully saturated rings. The summed E-state index contributed by atoms with van der Waals surface area (Å²) in [6, 6.07) is 0. The molecule has 1 unspecified atom stereocenters. The molecular formula is C15H26O. The first-order chi connectivity index (χ1) is 7.61. The molecule has 0 saturated heterocycles. The van der Waals surface area contributed by atoms with E-state index in [1.807, 2.05) is 0 Å². The molecule has 4 aliphatic rings. The molecule has 0 aromatic rings. The van der Waals surface area contributed by atoms with E-state index in [2.05, 4.69) is 20.8 Å². The van der Waals surface area contributed by atoms with Crippen molar-refractivity contribution in [2.45, 2.75) is 71.0 Å². The third kappa shape index (κ3) is 1.54. The van der Waals surface area contributed by atoms with E-state index in [4.69, 9.17) is 4.74 Å². The second-order valence-electron chi connectivity index (χ2n) is 6.82. The van der Waals surface area contributed by atoms with Crippen LogP contribution in [0.2, 0.25) is 0 Å². The number of rotatable bonds is 3. The Balaban J connectivity index is 1.79. The molecule has 1 atom stereocenters. The molecule has 4 saturated carbocycles. The van der Waals surface area contributed by atoms with Crippen LogP contribution in [-0.2, 0) is 4.74 Å². The van der Waals surface area contributed by atoms with Gasteiger partial charge in [0.2, 0.25) is 0 Å². The maximum Gasteiger partial charge on any atom is 0.0714 e. The maximum absolute atomic E-state index is 6.46. The summed E-state index contributed by atoms with van der Waals surface area (Å²) in [5.74, 6) is 3.85. The summed E-state index contributed by atoms with van der Waals surface area (Å²) in [6.45, 7) is 6.91. The average Bonchev–Trinajstić information content (AvgIpc) is 2.25. The van der Waals surface area contributed by atoms with E-state index < -0.39 is 0 Å². The molecular weight excluding hydrogens is 196 g/mol. The van der Waals surface area contributed by atoms with Crippen molar-refractivity contribution in [2.24, 2.45) is 23.7 Å². The summed E-state index contributed by atoms with van der Waals surface area (Å²) in [6.07, 6.45) is 8.97. The Bertz CT molecular complexity index is 243. The Morgan fingerprint density at radius 2 is 1.56 bits per heavy atom. The third-order valence-electron chi connectivity index (χ3n) is 5.79. The second kappa shape index (κ2) is 3.73. The van der Waals surface area contributed by atoms with Gasteiger partial charge in [0.1, 0.15) is 0 Å². The lowest BCUT2D eigenvalue weighted by atomic mass is 9.50. The highest BCUT2D eigenvalue weighted by Gasteiger charge is 2.55. The minimum atomic E-state index is 0.225. The van der Waals surface area contributed by atoms with Gasteiger partial charge in [-0.1, -0.05) is 6.92 Å². The van der Waals surface area contributed by atoms with Crippen molar-refractivity contribution in [3.05, 3.63) is 0 Å². The summed E-state index contributed by atoms with van der Waals surface area (Å²) in [5, 5.41) is 0. The number of hydrogen-bond acceptors (Lipinski definition) is 1. The number of ether oxygens (including phenoxy) is 1. The van der Waals surface area contributed by atoms with Gasteiger partial charge in [0, 0.05) is 0 Å². The van der Waals surface area contributed by atoms with Crippen molar-refractivity contribution in [3.63, 3.8) is 0 Å². The molecule has 1 nitrogen and oxygen atoms in total. The summed E-state index contributed by atoms with van der Waals surface area (Å²) in [7, 11) is 0. The highest BCUT2D eigenvalue weighted by Crippen LogP contribution is 2.59. The zero-order valence-electron chi connectivity index (χ0n) is 11.0. The quantitative estimate of drug-likeness (QED) is 0.701. The predicted octanol–water partition coefficient (Wildman–Crippen LogP) is 4.02. The molecule has 4 bridgehead atoms. The zero-order chi connectivity index (χ0) is 11.3. The lowest BCUT2D eigenvalue weighted by Gasteiger charge is -2.60. The Kier molecular flexibility index (Phi) is 2.58. The minimum absolute atomic E-state index is 0.225. The van der Waals surface area contributed by atoms with E-state index in [9.17, 15) is 0 Å². The Hall–Kier alpha value is -0.0400. The minimum Gasteiger partial charge on any atom is -0.372 e. The van der Waals surface area contributed by atoms with Crippen LogP contribution in [0.5, 0.6) is 0 Å². The largest absolute Gasteiger partial charge is 0.372 e. The monoisotopic (exact) mass is 222 g/mol. The van der Waals surface area contributed by atoms with E-state index in [1.165, 1.54) is 32.1 Å². The molecule has 0 radical (unpaired) electrons. The van der Waals surface area contributed by atoms with Crippen molar-refractivity contribution in [1.29, 1.82) is 0 Å². The van der Waals surface area contributed by atoms with E-state index in [-0.39, 0.29) is 5.60 Å². The van der Waals surface area contributed by atoms with Gasteiger partial charge in [-0.05, 0) is 76.0 Å². The van der Waals surface area contributed by atoms with Crippen LogP contribution in [0.1, 0.15) is 59.3 Å². The first-order valence-electron chi connectivity index (χ1n) is 7.29. The van der Waals surface area contributed by atoms with Gasteiger partial charge in [-0.25, -0.2) is 0 Å². The van der Waals surface area contributed by atoms with Crippen LogP contribution in [-0.4, -0.2) is 11.7 Å². The first kappa shape index (κ1) is 11.1. The first-order valence-corrected chi connectivity index (χ1v) is 7.29. The second-order valence-corrected chi connectivity index (χ2v) is 6.82. The fourth-order valence-electron chi connectivity index (χ4n) is 4.83. The van der Waals surface area contributed by atoms with Crippen LogP contribution in [0, 0.1) is 23.7 Å². The van der Waals surface area contributed by atoms with Crippen LogP contribution in [0.4, 0.5) is 0 Å². The summed E-state index contributed by atoms with van der Waals surface area (Å²) in [5.41, 5.74) is 0.225. The van der Waals surface area contributed by atoms with Crippen LogP contribution >= 0.6 is 0 Å². The van der Waals surface area contributed by atoms with Gasteiger partial charge in [0.15, 0.2) is 0 Å². The van der Waals surface area contributed by atoms with Crippen LogP contribution in [0.25, 0.3) is 0 Å². The van der Waals surface area contributed by atoms with Crippen LogP contribution in [0.3, 0.4) is 0 Å². The van der Waals surface area contributed by atoms with Gasteiger partial charge in [-0.3, -0.25) is 0 Å². The molecule has 4 rings (SSSR count). The molecule has 0 heterocycles. The fourth-order valence-corrected chi connectivity index (χ4v) is 4.83. The van der Waals surface area contributed by atoms with Gasteiger partial charge in [-0.2, -0.15) is 0 Å². The standard InChI is InChI=1S/C15H26O/c1-4-10(2)16-15(3)13-6-11-5-12(8-13)9-14(15)7-11/h10-14H,4-9H2,1-3H3. The fraction of sp³-hybridized carbons (Fsp3) is 1.00. The lowest BCUT2D eigenvalue weighted by molar-refractivity contribution is -0.213. The van der Waals surface area contributed by atoms with Gasteiger partial charge in [-0.15, -0.1) is 0 Å². The topological polar surface area (TPSA) is 9.23 Å². The number of hydrogen-bond donors (Lipinski definition) is 0. The lowest BCUT2D eigenvalue weighted by Crippen LogP contribution is -2.58. The molecule has 0 aromatic heterocycles. The van der Waals surface area contributed by atoms with E-state index in [0.29, 0.717) is 6.10 Å². The van der Waals surface area contributed by atoms with Gasteiger partial charge in [0.25, 0.3) is 0 Å². The highest BCUT2D eigenvalue weighted by molar-refractivity contribution is 5.06. The van der Waals surface area contributed by atoms with Crippen molar-refractivity contribution in [2.75, 3.05) is 0 Å². The van der Waals surface area contributed by atoms with Crippen molar-refractivity contribution >= 4 is 0 Å². The van der Waals surface area contributed by atoms with Crippen molar-refractivity contribution in [3.8, 4) is 0 Å². The van der Waals surface area contributed by atoms with Crippen molar-refractivity contribution < 1.29 is 4.74 Å². The Labute approximate surface area is 99.9 Å². The molecule has 0 spiro atoms. The highest BCUT2D eigenvalue weighted by atomic mass is 16.5. The van der Waals surface area contributed by atoms with Gasteiger partial charge < -0.3 is 4.74 Å². The van der Waals surface area contributed by atoms with Crippen LogP contribution in [0.15, 0.2) is 0 Å². The molecule has 0 aliphatic heterocycles. The maximum atomic E-state index is 6.46. The van der Waals surface area contributed by atoms with Gasteiger partial charge >= 0.3 is 0 Å². The third-order valence-corrected chi connectivity index (χ3v) is 5.79. The summed E-state index contributed by atoms with van der Waals surface area (Å²) >= 11 is 0. The normalized spacial score (nSPS) is 51.9. The molecule has 16 heavy (non-hydrogen) atoms. The van der Waals surface area contributed by atoms with Crippen LogP contribution < -0.4 is 0 Å². The smallest absolute Gasteiger partial charge is 0.0714 e. The summed E-state index contributed by atoms with van der Waals surface area (Å²) in [4.78, 5) is 0. The zero-order valence-corrected chi connectivity index (χ0v) is 11.0. The average molecular weight is 222 g/mol. The molecule has 92 valence electrons. The van der Waals surface area contributed by atoms with E-state index in [1.54, 1.807) is 0 Å². The summed E-state index contributed by atoms with van der Waals surface area (Å²) < 4.78 is 6.46. The van der Waals surface area contributed by atoms with Gasteiger partial charge in [0.05, 0.1) is 11.7 Å². The van der Waals surface area contributed by atoms with E-state index in [0.717, 1.165) is 30.1 Å². The molecule has 1 heteroatoms.